The maximum Gasteiger partial charge on any atom is 0.223 e. The van der Waals surface area contributed by atoms with Crippen LogP contribution >= 0.6 is 0 Å². The molecule has 0 spiro atoms. The minimum absolute atomic E-state index is 0.241. The van der Waals surface area contributed by atoms with Crippen LogP contribution in [0.3, 0.4) is 0 Å². The molecule has 9 heteroatoms. The summed E-state index contributed by atoms with van der Waals surface area (Å²) in [4.78, 5) is 11.7. The van der Waals surface area contributed by atoms with E-state index in [-0.39, 0.29) is 5.92 Å². The van der Waals surface area contributed by atoms with Crippen molar-refractivity contribution < 1.29 is 4.74 Å². The Morgan fingerprint density at radius 3 is 2.96 bits per heavy atom. The van der Waals surface area contributed by atoms with Crippen LogP contribution in [0.5, 0.6) is 5.75 Å². The summed E-state index contributed by atoms with van der Waals surface area (Å²) in [5.74, 6) is 2.03. The number of hydrogen-bond donors (Lipinski definition) is 1. The minimum Gasteiger partial charge on any atom is -0.494 e. The standard InChI is InChI=1S/C19H22N8O/c1-3-26-11-13(9-21-26)25-8-7-12(10-25)17-23-18-14-5-4-6-15(28-2)16(14)22-19(20)27(18)24-17/h4-6,9,11-12H,3,7-8,10H2,1-2H3,(H2,20,22)/t12-/m1/s1. The molecule has 4 aromatic rings. The van der Waals surface area contributed by atoms with Gasteiger partial charge in [0.1, 0.15) is 11.3 Å². The molecule has 0 amide bonds. The van der Waals surface area contributed by atoms with Gasteiger partial charge in [-0.15, -0.1) is 5.10 Å². The Morgan fingerprint density at radius 2 is 2.18 bits per heavy atom. The van der Waals surface area contributed by atoms with E-state index in [1.165, 1.54) is 0 Å². The highest BCUT2D eigenvalue weighted by molar-refractivity contribution is 5.95. The first-order valence-electron chi connectivity index (χ1n) is 9.44. The maximum atomic E-state index is 6.17. The number of aromatic nitrogens is 6. The first-order chi connectivity index (χ1) is 13.7. The zero-order valence-electron chi connectivity index (χ0n) is 15.9. The number of anilines is 2. The van der Waals surface area contributed by atoms with Crippen LogP contribution in [0, 0.1) is 0 Å². The van der Waals surface area contributed by atoms with Gasteiger partial charge in [-0.2, -0.15) is 9.61 Å². The van der Waals surface area contributed by atoms with Gasteiger partial charge in [0, 0.05) is 37.1 Å². The SMILES string of the molecule is CCn1cc(N2CC[C@@H](c3nc4c5cccc(OC)c5nc(N)n4n3)C2)cn1. The third kappa shape index (κ3) is 2.54. The molecule has 0 saturated carbocycles. The van der Waals surface area contributed by atoms with Crippen LogP contribution in [-0.2, 0) is 6.54 Å². The number of fused-ring (bicyclic) bond motifs is 3. The van der Waals surface area contributed by atoms with Crippen molar-refractivity contribution in [2.24, 2.45) is 0 Å². The van der Waals surface area contributed by atoms with Crippen LogP contribution in [0.1, 0.15) is 25.1 Å². The number of ether oxygens (including phenoxy) is 1. The topological polar surface area (TPSA) is 99.4 Å². The van der Waals surface area contributed by atoms with E-state index < -0.39 is 0 Å². The molecular formula is C19H22N8O. The van der Waals surface area contributed by atoms with Gasteiger partial charge in [-0.25, -0.2) is 9.97 Å². The van der Waals surface area contributed by atoms with E-state index >= 15 is 0 Å². The summed E-state index contributed by atoms with van der Waals surface area (Å²) >= 11 is 0. The van der Waals surface area contributed by atoms with Crippen LogP contribution in [0.25, 0.3) is 16.6 Å². The van der Waals surface area contributed by atoms with Crippen LogP contribution < -0.4 is 15.4 Å². The lowest BCUT2D eigenvalue weighted by atomic mass is 10.1. The van der Waals surface area contributed by atoms with Crippen molar-refractivity contribution in [3.05, 3.63) is 36.4 Å². The zero-order chi connectivity index (χ0) is 19.3. The molecule has 4 heterocycles. The number of hydrogen-bond acceptors (Lipinski definition) is 7. The quantitative estimate of drug-likeness (QED) is 0.580. The van der Waals surface area contributed by atoms with Crippen molar-refractivity contribution in [3.63, 3.8) is 0 Å². The number of benzene rings is 1. The third-order valence-corrected chi connectivity index (χ3v) is 5.39. The van der Waals surface area contributed by atoms with Gasteiger partial charge in [0.25, 0.3) is 0 Å². The zero-order valence-corrected chi connectivity index (χ0v) is 15.9. The Morgan fingerprint density at radius 1 is 1.29 bits per heavy atom. The Bertz CT molecular complexity index is 1160. The molecule has 1 aromatic carbocycles. The Balaban J connectivity index is 1.52. The Hall–Kier alpha value is -3.36. The second-order valence-corrected chi connectivity index (χ2v) is 7.02. The molecule has 0 aliphatic carbocycles. The lowest BCUT2D eigenvalue weighted by Crippen LogP contribution is -2.18. The van der Waals surface area contributed by atoms with E-state index in [0.29, 0.717) is 22.9 Å². The summed E-state index contributed by atoms with van der Waals surface area (Å²) in [6, 6.07) is 5.77. The van der Waals surface area contributed by atoms with Gasteiger partial charge in [-0.3, -0.25) is 4.68 Å². The van der Waals surface area contributed by atoms with Crippen molar-refractivity contribution in [2.45, 2.75) is 25.8 Å². The molecule has 0 bridgehead atoms. The average Bonchev–Trinajstić information content (AvgIpc) is 3.45. The lowest BCUT2D eigenvalue weighted by molar-refractivity contribution is 0.419. The average molecular weight is 378 g/mol. The summed E-state index contributed by atoms with van der Waals surface area (Å²) in [6.07, 6.45) is 4.99. The monoisotopic (exact) mass is 378 g/mol. The highest BCUT2D eigenvalue weighted by Crippen LogP contribution is 2.32. The predicted octanol–water partition coefficient (Wildman–Crippen LogP) is 2.08. The first-order valence-corrected chi connectivity index (χ1v) is 9.44. The van der Waals surface area contributed by atoms with E-state index in [1.54, 1.807) is 11.6 Å². The van der Waals surface area contributed by atoms with Gasteiger partial charge in [0.2, 0.25) is 5.95 Å². The number of rotatable bonds is 4. The Kier molecular flexibility index (Phi) is 3.81. The fraction of sp³-hybridized carbons (Fsp3) is 0.368. The van der Waals surface area contributed by atoms with E-state index in [9.17, 15) is 0 Å². The third-order valence-electron chi connectivity index (χ3n) is 5.39. The molecule has 144 valence electrons. The van der Waals surface area contributed by atoms with Gasteiger partial charge in [0.15, 0.2) is 11.5 Å². The molecule has 0 unspecified atom stereocenters. The predicted molar refractivity (Wildman–Crippen MR) is 107 cm³/mol. The van der Waals surface area contributed by atoms with Crippen LogP contribution in [0.15, 0.2) is 30.6 Å². The lowest BCUT2D eigenvalue weighted by Gasteiger charge is -2.15. The second kappa shape index (κ2) is 6.36. The smallest absolute Gasteiger partial charge is 0.223 e. The molecule has 1 saturated heterocycles. The second-order valence-electron chi connectivity index (χ2n) is 7.02. The van der Waals surface area contributed by atoms with Crippen LogP contribution in [0.2, 0.25) is 0 Å². The van der Waals surface area contributed by atoms with Crippen molar-refractivity contribution in [1.29, 1.82) is 0 Å². The van der Waals surface area contributed by atoms with Gasteiger partial charge >= 0.3 is 0 Å². The molecule has 2 N–H and O–H groups in total. The molecule has 1 aliphatic heterocycles. The number of para-hydroxylation sites is 1. The van der Waals surface area contributed by atoms with Crippen molar-refractivity contribution in [2.75, 3.05) is 30.8 Å². The summed E-state index contributed by atoms with van der Waals surface area (Å²) in [5, 5.41) is 9.94. The number of methoxy groups -OCH3 is 1. The highest BCUT2D eigenvalue weighted by Gasteiger charge is 2.29. The first kappa shape index (κ1) is 16.8. The van der Waals surface area contributed by atoms with Crippen molar-refractivity contribution >= 4 is 28.2 Å². The van der Waals surface area contributed by atoms with E-state index in [0.717, 1.165) is 43.0 Å². The molecule has 1 atom stereocenters. The summed E-state index contributed by atoms with van der Waals surface area (Å²) in [5.41, 5.74) is 8.73. The fourth-order valence-corrected chi connectivity index (χ4v) is 3.87. The van der Waals surface area contributed by atoms with Crippen molar-refractivity contribution in [1.82, 2.24) is 29.4 Å². The maximum absolute atomic E-state index is 6.17. The Labute approximate surface area is 161 Å². The molecule has 1 fully saturated rings. The summed E-state index contributed by atoms with van der Waals surface area (Å²) in [7, 11) is 1.62. The van der Waals surface area contributed by atoms with Crippen LogP contribution in [0.4, 0.5) is 11.6 Å². The summed E-state index contributed by atoms with van der Waals surface area (Å²) in [6.45, 7) is 4.77. The molecule has 5 rings (SSSR count). The molecule has 1 aliphatic rings. The molecule has 3 aromatic heterocycles. The number of nitrogen functional groups attached to an aromatic ring is 1. The number of aryl methyl sites for hydroxylation is 1. The van der Waals surface area contributed by atoms with Gasteiger partial charge in [-0.1, -0.05) is 6.07 Å². The molecule has 28 heavy (non-hydrogen) atoms. The summed E-state index contributed by atoms with van der Waals surface area (Å²) < 4.78 is 9.00. The fourth-order valence-electron chi connectivity index (χ4n) is 3.87. The van der Waals surface area contributed by atoms with E-state index in [2.05, 4.69) is 33.2 Å². The largest absolute Gasteiger partial charge is 0.494 e. The number of nitrogens with zero attached hydrogens (tertiary/aromatic N) is 7. The van der Waals surface area contributed by atoms with Crippen LogP contribution in [-0.4, -0.2) is 49.6 Å². The molecule has 0 radical (unpaired) electrons. The van der Waals surface area contributed by atoms with Gasteiger partial charge in [0.05, 0.1) is 19.0 Å². The molecule has 9 nitrogen and oxygen atoms in total. The molecular weight excluding hydrogens is 356 g/mol. The minimum atomic E-state index is 0.241. The van der Waals surface area contributed by atoms with E-state index in [1.807, 2.05) is 29.1 Å². The normalized spacial score (nSPS) is 17.1. The van der Waals surface area contributed by atoms with E-state index in [4.69, 9.17) is 15.5 Å². The number of nitrogens with two attached hydrogens (primary N) is 1. The van der Waals surface area contributed by atoms with Crippen molar-refractivity contribution in [3.8, 4) is 5.75 Å². The van der Waals surface area contributed by atoms with Gasteiger partial charge in [-0.05, 0) is 25.5 Å². The van der Waals surface area contributed by atoms with Gasteiger partial charge < -0.3 is 15.4 Å². The highest BCUT2D eigenvalue weighted by atomic mass is 16.5.